The van der Waals surface area contributed by atoms with Crippen LogP contribution in [0.1, 0.15) is 99.8 Å². The number of halogens is 1. The summed E-state index contributed by atoms with van der Waals surface area (Å²) < 4.78 is 22.9. The van der Waals surface area contributed by atoms with Gasteiger partial charge in [0.05, 0.1) is 11.9 Å². The van der Waals surface area contributed by atoms with Crippen LogP contribution in [0.25, 0.3) is 22.2 Å². The minimum Gasteiger partial charge on any atom is -0.443 e. The maximum Gasteiger partial charge on any atom is 0.415 e. The van der Waals surface area contributed by atoms with E-state index in [1.807, 2.05) is 67.1 Å². The van der Waals surface area contributed by atoms with Crippen LogP contribution in [0.2, 0.25) is 0 Å². The Morgan fingerprint density at radius 1 is 0.886 bits per heavy atom. The Balaban J connectivity index is 0.720. The Hall–Kier alpha value is -6.46. The number of pyridine rings is 3. The van der Waals surface area contributed by atoms with Crippen LogP contribution in [-0.4, -0.2) is 136 Å². The van der Waals surface area contributed by atoms with Crippen molar-refractivity contribution in [2.24, 2.45) is 13.0 Å². The van der Waals surface area contributed by atoms with Crippen molar-refractivity contribution in [2.45, 2.75) is 89.8 Å². The van der Waals surface area contributed by atoms with E-state index in [0.29, 0.717) is 48.7 Å². The average Bonchev–Trinajstić information content (AvgIpc) is 3.70. The highest BCUT2D eigenvalue weighted by molar-refractivity contribution is 6.01. The molecule has 370 valence electrons. The molecule has 70 heavy (non-hydrogen) atoms. The molecular weight excluding hydrogens is 890 g/mol. The molecular formula is C53H66FN11O5. The number of benzene rings is 1. The number of imide groups is 1. The lowest BCUT2D eigenvalue weighted by Crippen LogP contribution is -2.49. The molecule has 4 aliphatic heterocycles. The number of aryl methyl sites for hydroxylation is 1. The van der Waals surface area contributed by atoms with E-state index in [1.54, 1.807) is 19.4 Å². The number of aromatic nitrogens is 4. The van der Waals surface area contributed by atoms with Gasteiger partial charge in [-0.15, -0.1) is 0 Å². The van der Waals surface area contributed by atoms with E-state index in [2.05, 4.69) is 67.1 Å². The van der Waals surface area contributed by atoms with Crippen LogP contribution in [0.3, 0.4) is 0 Å². The Morgan fingerprint density at radius 2 is 1.61 bits per heavy atom. The predicted molar refractivity (Wildman–Crippen MR) is 268 cm³/mol. The number of nitrogens with one attached hydrogen (secondary N) is 2. The van der Waals surface area contributed by atoms with Gasteiger partial charge < -0.3 is 24.4 Å². The normalized spacial score (nSPS) is 19.6. The van der Waals surface area contributed by atoms with Crippen molar-refractivity contribution >= 4 is 52.2 Å². The van der Waals surface area contributed by atoms with Crippen molar-refractivity contribution in [3.8, 4) is 11.1 Å². The van der Waals surface area contributed by atoms with Gasteiger partial charge in [-0.05, 0) is 132 Å². The number of rotatable bonds is 11. The summed E-state index contributed by atoms with van der Waals surface area (Å²) >= 11 is 0. The second-order valence-corrected chi connectivity index (χ2v) is 20.5. The fourth-order valence-electron chi connectivity index (χ4n) is 10.5. The van der Waals surface area contributed by atoms with Crippen molar-refractivity contribution in [3.05, 3.63) is 95.8 Å². The van der Waals surface area contributed by atoms with E-state index >= 15 is 4.39 Å². The molecule has 0 aliphatic carbocycles. The third-order valence-corrected chi connectivity index (χ3v) is 14.7. The molecule has 4 fully saturated rings. The number of hydrogen-bond acceptors (Lipinski definition) is 12. The first-order valence-corrected chi connectivity index (χ1v) is 24.8. The minimum atomic E-state index is -0.599. The quantitative estimate of drug-likeness (QED) is 0.127. The Bertz CT molecular complexity index is 2700. The third-order valence-electron chi connectivity index (χ3n) is 14.7. The molecule has 2 N–H and O–H groups in total. The maximum absolute atomic E-state index is 15.2. The average molecular weight is 956 g/mol. The molecule has 0 saturated carbocycles. The van der Waals surface area contributed by atoms with Gasteiger partial charge in [-0.2, -0.15) is 0 Å². The molecule has 17 heteroatoms. The van der Waals surface area contributed by atoms with Gasteiger partial charge >= 0.3 is 6.09 Å². The standard InChI is InChI=1S/C53H66FN11O5/c1-34(45-30-42-41(15-20-55-48(42)60(45)5)39-11-13-46(56-31-39)61(6)52(69)70-53(2,3)4)63-23-18-37(19-24-63)36-7-9-38(10-8-36)51(68)65-21-16-35(17-22-65)33-62-25-27-64(28-26-62)49-43(54)29-40(32-57-49)58-44-12-14-47(66)59-50(44)67/h7-11,13,15,20,29-32,34-35,37,44,58H,12,14,16-19,21-28,33H2,1-6H3,(H,59,66,67)/t34-,44?/m0/s1. The molecule has 0 bridgehead atoms. The van der Waals surface area contributed by atoms with E-state index in [9.17, 15) is 19.2 Å². The number of anilines is 3. The first-order chi connectivity index (χ1) is 33.6. The molecule has 0 radical (unpaired) electrons. The largest absolute Gasteiger partial charge is 0.443 e. The monoisotopic (exact) mass is 956 g/mol. The number of carbonyl (C=O) groups excluding carboxylic acids is 4. The van der Waals surface area contributed by atoms with Crippen LogP contribution in [0.4, 0.5) is 26.5 Å². The summed E-state index contributed by atoms with van der Waals surface area (Å²) in [5.41, 5.74) is 5.94. The van der Waals surface area contributed by atoms with Crippen LogP contribution in [-0.2, 0) is 21.4 Å². The zero-order chi connectivity index (χ0) is 49.3. The topological polar surface area (TPSA) is 161 Å². The van der Waals surface area contributed by atoms with Gasteiger partial charge in [-0.3, -0.25) is 34.4 Å². The molecule has 4 aromatic heterocycles. The molecule has 1 unspecified atom stereocenters. The smallest absolute Gasteiger partial charge is 0.415 e. The lowest BCUT2D eigenvalue weighted by molar-refractivity contribution is -0.133. The van der Waals surface area contributed by atoms with E-state index in [-0.39, 0.29) is 24.3 Å². The highest BCUT2D eigenvalue weighted by atomic mass is 19.1. The second-order valence-electron chi connectivity index (χ2n) is 20.5. The van der Waals surface area contributed by atoms with Crippen LogP contribution < -0.4 is 20.4 Å². The molecule has 9 rings (SSSR count). The predicted octanol–water partition coefficient (Wildman–Crippen LogP) is 7.37. The Kier molecular flexibility index (Phi) is 14.2. The number of carbonyl (C=O) groups is 4. The van der Waals surface area contributed by atoms with Gasteiger partial charge in [-0.1, -0.05) is 12.1 Å². The first-order valence-electron chi connectivity index (χ1n) is 24.8. The van der Waals surface area contributed by atoms with E-state index < -0.39 is 29.5 Å². The number of nitrogens with zero attached hydrogens (tertiary/aromatic N) is 9. The van der Waals surface area contributed by atoms with Crippen molar-refractivity contribution in [1.82, 2.24) is 39.5 Å². The molecule has 0 spiro atoms. The van der Waals surface area contributed by atoms with Crippen molar-refractivity contribution in [1.29, 1.82) is 0 Å². The number of piperidine rings is 3. The van der Waals surface area contributed by atoms with Gasteiger partial charge in [0, 0.05) is 113 Å². The molecule has 2 atom stereocenters. The Labute approximate surface area is 409 Å². The zero-order valence-corrected chi connectivity index (χ0v) is 41.3. The van der Waals surface area contributed by atoms with Gasteiger partial charge in [0.15, 0.2) is 11.6 Å². The summed E-state index contributed by atoms with van der Waals surface area (Å²) in [6.07, 6.45) is 9.32. The second kappa shape index (κ2) is 20.5. The number of piperazine rings is 1. The zero-order valence-electron chi connectivity index (χ0n) is 41.3. The summed E-state index contributed by atoms with van der Waals surface area (Å²) in [6, 6.07) is 17.4. The van der Waals surface area contributed by atoms with Crippen LogP contribution >= 0.6 is 0 Å². The fraction of sp³-hybridized carbons (Fsp3) is 0.491. The Morgan fingerprint density at radius 3 is 2.27 bits per heavy atom. The molecule has 4 saturated heterocycles. The number of fused-ring (bicyclic) bond motifs is 1. The molecule has 4 aliphatic rings. The number of likely N-dealkylation sites (tertiary alicyclic amines) is 2. The van der Waals surface area contributed by atoms with E-state index in [1.165, 1.54) is 22.2 Å². The number of ether oxygens (including phenoxy) is 1. The molecule has 16 nitrogen and oxygen atoms in total. The van der Waals surface area contributed by atoms with Crippen molar-refractivity contribution < 1.29 is 28.3 Å². The number of hydrogen-bond donors (Lipinski definition) is 2. The van der Waals surface area contributed by atoms with E-state index in [4.69, 9.17) is 9.72 Å². The van der Waals surface area contributed by atoms with Gasteiger partial charge in [-0.25, -0.2) is 24.1 Å². The molecule has 1 aromatic carbocycles. The van der Waals surface area contributed by atoms with Gasteiger partial charge in [0.25, 0.3) is 5.91 Å². The lowest BCUT2D eigenvalue weighted by atomic mass is 9.88. The summed E-state index contributed by atoms with van der Waals surface area (Å²) in [7, 11) is 3.75. The molecule has 5 aromatic rings. The van der Waals surface area contributed by atoms with Crippen LogP contribution in [0.5, 0.6) is 0 Å². The first kappa shape index (κ1) is 48.6. The lowest BCUT2D eigenvalue weighted by Gasteiger charge is -2.39. The van der Waals surface area contributed by atoms with Crippen LogP contribution in [0, 0.1) is 11.7 Å². The maximum atomic E-state index is 15.2. The van der Waals surface area contributed by atoms with E-state index in [0.717, 1.165) is 99.2 Å². The third kappa shape index (κ3) is 10.8. The number of amides is 4. The van der Waals surface area contributed by atoms with Crippen LogP contribution in [0.15, 0.2) is 73.2 Å². The summed E-state index contributed by atoms with van der Waals surface area (Å²) in [5, 5.41) is 6.37. The summed E-state index contributed by atoms with van der Waals surface area (Å²) in [4.78, 5) is 74.1. The fourth-order valence-corrected chi connectivity index (χ4v) is 10.5. The van der Waals surface area contributed by atoms with Crippen molar-refractivity contribution in [2.75, 3.05) is 81.1 Å². The summed E-state index contributed by atoms with van der Waals surface area (Å²) in [6.45, 7) is 15.1. The van der Waals surface area contributed by atoms with Crippen molar-refractivity contribution in [3.63, 3.8) is 0 Å². The SMILES string of the molecule is C[C@@H](c1cc2c(-c3ccc(N(C)C(=O)OC(C)(C)C)nc3)ccnc2n1C)N1CCC(c2ccc(C(=O)N3CCC(CN4CCN(c5ncc(NC6CCC(=O)NC6=O)cc5F)CC4)CC3)cc2)CC1. The minimum absolute atomic E-state index is 0.0989. The highest BCUT2D eigenvalue weighted by Crippen LogP contribution is 2.37. The highest BCUT2D eigenvalue weighted by Gasteiger charge is 2.31. The molecule has 4 amide bonds. The van der Waals surface area contributed by atoms with Gasteiger partial charge in [0.1, 0.15) is 23.1 Å². The van der Waals surface area contributed by atoms with Gasteiger partial charge in [0.2, 0.25) is 11.8 Å². The molecule has 8 heterocycles. The summed E-state index contributed by atoms with van der Waals surface area (Å²) in [5.74, 6) is 0.701.